The second-order valence-electron chi connectivity index (χ2n) is 21.2. The molecule has 1 fully saturated rings. The number of carboxylic acids is 3. The molecule has 0 radical (unpaired) electrons. The Balaban J connectivity index is 1.17. The number of ether oxygens (including phenoxy) is 5. The summed E-state index contributed by atoms with van der Waals surface area (Å²) in [5, 5.41) is 47.6. The molecule has 2 atom stereocenters. The van der Waals surface area contributed by atoms with Gasteiger partial charge in [0.15, 0.2) is 5.96 Å². The Morgan fingerprint density at radius 3 is 1.50 bits per heavy atom. The lowest BCUT2D eigenvalue weighted by molar-refractivity contribution is -0.140. The van der Waals surface area contributed by atoms with E-state index in [1.54, 1.807) is 70.2 Å². The molecule has 31 nitrogen and oxygen atoms in total. The third-order valence-corrected chi connectivity index (χ3v) is 14.0. The van der Waals surface area contributed by atoms with E-state index in [9.17, 15) is 58.5 Å². The third kappa shape index (κ3) is 34.0. The van der Waals surface area contributed by atoms with Gasteiger partial charge in [-0.1, -0.05) is 73.7 Å². The number of nitrogens with one attached hydrogen (secondary N) is 7. The molecule has 1 saturated heterocycles. The monoisotopic (exact) mass is 1290 g/mol. The van der Waals surface area contributed by atoms with Crippen LogP contribution in [0.1, 0.15) is 54.4 Å². The first kappa shape index (κ1) is 75.9. The van der Waals surface area contributed by atoms with Gasteiger partial charge >= 0.3 is 30.0 Å². The molecule has 0 unspecified atom stereocenters. The number of urea groups is 2. The number of guanidine groups is 1. The second-order valence-corrected chi connectivity index (χ2v) is 21.2. The number of nitrogens with two attached hydrogens (primary N) is 2. The van der Waals surface area contributed by atoms with Crippen LogP contribution in [0.25, 0.3) is 0 Å². The number of carbonyl (C=O) groups is 9. The normalized spacial score (nSPS) is 14.5. The summed E-state index contributed by atoms with van der Waals surface area (Å²) >= 11 is 0. The van der Waals surface area contributed by atoms with Crippen LogP contribution in [0.3, 0.4) is 0 Å². The number of amides is 8. The fourth-order valence-corrected chi connectivity index (χ4v) is 9.22. The molecule has 0 aliphatic carbocycles. The topological polar surface area (TPSA) is 422 Å². The summed E-state index contributed by atoms with van der Waals surface area (Å²) < 4.78 is 28.6. The average molecular weight is 1290 g/mol. The van der Waals surface area contributed by atoms with Crippen molar-refractivity contribution in [2.75, 3.05) is 164 Å². The maximum absolute atomic E-state index is 14.5. The van der Waals surface area contributed by atoms with E-state index in [0.29, 0.717) is 88.9 Å². The molecule has 14 N–H and O–H groups in total. The van der Waals surface area contributed by atoms with Crippen LogP contribution < -0.4 is 53.4 Å². The van der Waals surface area contributed by atoms with Crippen molar-refractivity contribution in [3.05, 3.63) is 101 Å². The lowest BCUT2D eigenvalue weighted by Gasteiger charge is -2.32. The van der Waals surface area contributed by atoms with Crippen LogP contribution in [0.2, 0.25) is 0 Å². The first-order chi connectivity index (χ1) is 44.4. The minimum Gasteiger partial charge on any atom is -0.491 e. The molecule has 0 spiro atoms. The zero-order valence-corrected chi connectivity index (χ0v) is 52.3. The number of aliphatic carboxylic acids is 3. The zero-order valence-electron chi connectivity index (χ0n) is 52.3. The average Bonchev–Trinajstić information content (AvgIpc) is 0.948. The number of benzene rings is 3. The Hall–Kier alpha value is -8.56. The highest BCUT2D eigenvalue weighted by Crippen LogP contribution is 2.28. The number of aliphatic imine (C=N–C) groups is 1. The summed E-state index contributed by atoms with van der Waals surface area (Å²) in [6.07, 6.45) is 0.806. The predicted octanol–water partition coefficient (Wildman–Crippen LogP) is -1.25. The zero-order chi connectivity index (χ0) is 66.7. The molecule has 31 heteroatoms. The van der Waals surface area contributed by atoms with E-state index in [2.05, 4.69) is 42.2 Å². The van der Waals surface area contributed by atoms with Crippen molar-refractivity contribution in [3.8, 4) is 5.75 Å². The SMILES string of the molecule is CCC(=O)NCCNC(=O)/N=C(/N)NCCC[C@@H](NC(=O)[C@@H](c1ccccc1)c1cccc(OCCOCCOCCOCCOCCNC(=O)CN2CCN(CC(=O)O)CCN(CC(=O)O)CCN(CC(=O)O)CC2)c1)C(=O)NCc1ccc(CNC(N)=O)cc1. The van der Waals surface area contributed by atoms with E-state index in [1.807, 2.05) is 35.2 Å². The molecule has 3 aromatic rings. The van der Waals surface area contributed by atoms with Gasteiger partial charge in [-0.3, -0.25) is 53.2 Å². The number of primary amides is 1. The standard InChI is InChI=1S/C61H92N14O17/c1-2-51(76)64-18-19-67-61(87)71-59(62)66-17-7-12-50(57(84)68-39-45-13-15-46(16-14-45)40-69-60(63)86)70-58(85)56(47-8-4-3-5-9-47)48-10-6-11-49(38-48)92-37-36-91-35-34-90-33-32-89-31-30-88-29-20-65-52(77)41-72-21-23-73(42-53(78)79)25-27-75(44-55(82)83)28-26-74(24-22-72)43-54(80)81/h3-6,8-11,13-16,38,50,56H,2,7,12,17-37,39-44H2,1H3,(H,64,76)(H,65,77)(H,68,84)(H,70,85)(H,78,79)(H,80,81)(H,82,83)(H3,63,69,86)(H4,62,66,67,71,87)/t50-,56+/m1/s1. The Morgan fingerprint density at radius 2 is 0.978 bits per heavy atom. The molecule has 92 heavy (non-hydrogen) atoms. The van der Waals surface area contributed by atoms with Gasteiger partial charge in [-0.25, -0.2) is 9.59 Å². The Morgan fingerprint density at radius 1 is 0.500 bits per heavy atom. The lowest BCUT2D eigenvalue weighted by Crippen LogP contribution is -2.50. The van der Waals surface area contributed by atoms with Crippen molar-refractivity contribution in [1.29, 1.82) is 0 Å². The number of carbonyl (C=O) groups excluding carboxylic acids is 6. The van der Waals surface area contributed by atoms with Gasteiger partial charge in [-0.05, 0) is 47.2 Å². The highest BCUT2D eigenvalue weighted by molar-refractivity contribution is 5.93. The van der Waals surface area contributed by atoms with E-state index in [-0.39, 0.29) is 142 Å². The maximum atomic E-state index is 14.5. The van der Waals surface area contributed by atoms with E-state index in [1.165, 1.54) is 0 Å². The third-order valence-electron chi connectivity index (χ3n) is 14.0. The lowest BCUT2D eigenvalue weighted by atomic mass is 9.90. The summed E-state index contributed by atoms with van der Waals surface area (Å²) in [5.74, 6) is -4.95. The van der Waals surface area contributed by atoms with Gasteiger partial charge in [0.05, 0.1) is 85.0 Å². The van der Waals surface area contributed by atoms with Gasteiger partial charge in [0.1, 0.15) is 18.4 Å². The number of rotatable bonds is 41. The van der Waals surface area contributed by atoms with Crippen LogP contribution in [-0.2, 0) is 65.6 Å². The first-order valence-corrected chi connectivity index (χ1v) is 30.6. The summed E-state index contributed by atoms with van der Waals surface area (Å²) in [4.78, 5) is 122. The minimum atomic E-state index is -1.04. The molecular weight excluding hydrogens is 1200 g/mol. The summed E-state index contributed by atoms with van der Waals surface area (Å²) in [6.45, 7) is 6.93. The van der Waals surface area contributed by atoms with E-state index < -0.39 is 53.7 Å². The van der Waals surface area contributed by atoms with Crippen molar-refractivity contribution in [2.45, 2.75) is 51.2 Å². The first-order valence-electron chi connectivity index (χ1n) is 30.6. The Bertz CT molecular complexity index is 2740. The molecule has 0 aromatic heterocycles. The minimum absolute atomic E-state index is 0.00595. The van der Waals surface area contributed by atoms with E-state index in [0.717, 1.165) is 11.1 Å². The molecule has 0 saturated carbocycles. The van der Waals surface area contributed by atoms with Crippen LogP contribution in [0.15, 0.2) is 83.9 Å². The molecule has 1 aliphatic rings. The fraction of sp³-hybridized carbons (Fsp3) is 0.541. The molecule has 8 amide bonds. The van der Waals surface area contributed by atoms with E-state index >= 15 is 0 Å². The molecule has 0 bridgehead atoms. The predicted molar refractivity (Wildman–Crippen MR) is 337 cm³/mol. The maximum Gasteiger partial charge on any atom is 0.344 e. The number of hydrogen-bond acceptors (Lipinski definition) is 18. The fourth-order valence-electron chi connectivity index (χ4n) is 9.22. The summed E-state index contributed by atoms with van der Waals surface area (Å²) in [7, 11) is 0. The van der Waals surface area contributed by atoms with Crippen molar-refractivity contribution < 1.29 is 82.2 Å². The highest BCUT2D eigenvalue weighted by Gasteiger charge is 2.29. The molecule has 508 valence electrons. The van der Waals surface area contributed by atoms with Crippen LogP contribution in [0, 0.1) is 0 Å². The molecule has 3 aromatic carbocycles. The van der Waals surface area contributed by atoms with Crippen LogP contribution in [0.5, 0.6) is 5.75 Å². The van der Waals surface area contributed by atoms with Crippen molar-refractivity contribution in [2.24, 2.45) is 16.5 Å². The van der Waals surface area contributed by atoms with Crippen molar-refractivity contribution in [1.82, 2.24) is 56.8 Å². The van der Waals surface area contributed by atoms with Gasteiger partial charge in [0.2, 0.25) is 23.6 Å². The second kappa shape index (κ2) is 44.8. The van der Waals surface area contributed by atoms with Gasteiger partial charge in [0.25, 0.3) is 0 Å². The van der Waals surface area contributed by atoms with Crippen molar-refractivity contribution in [3.63, 3.8) is 0 Å². The molecule has 1 aliphatic heterocycles. The van der Waals surface area contributed by atoms with Gasteiger partial charge in [-0.15, -0.1) is 0 Å². The van der Waals surface area contributed by atoms with Gasteiger partial charge < -0.3 is 87.7 Å². The Kier molecular flexibility index (Phi) is 37.0. The number of nitrogens with zero attached hydrogens (tertiary/aromatic N) is 5. The van der Waals surface area contributed by atoms with E-state index in [4.69, 9.17) is 35.2 Å². The highest BCUT2D eigenvalue weighted by atomic mass is 16.6. The Labute approximate surface area is 535 Å². The van der Waals surface area contributed by atoms with Gasteiger partial charge in [-0.2, -0.15) is 4.99 Å². The van der Waals surface area contributed by atoms with Crippen molar-refractivity contribution >= 4 is 59.6 Å². The largest absolute Gasteiger partial charge is 0.491 e. The molecule has 4 rings (SSSR count). The molecular formula is C61H92N14O17. The quantitative estimate of drug-likeness (QED) is 0.0179. The number of hydrogen-bond donors (Lipinski definition) is 12. The van der Waals surface area contributed by atoms with Crippen LogP contribution >= 0.6 is 0 Å². The van der Waals surface area contributed by atoms with Gasteiger partial charge in [0, 0.05) is 98.0 Å². The number of carboxylic acid groups (broad SMARTS) is 3. The van der Waals surface area contributed by atoms with Crippen LogP contribution in [-0.4, -0.2) is 265 Å². The van der Waals surface area contributed by atoms with Crippen LogP contribution in [0.4, 0.5) is 9.59 Å². The summed E-state index contributed by atoms with van der Waals surface area (Å²) in [5.41, 5.74) is 14.0. The summed E-state index contributed by atoms with van der Waals surface area (Å²) in [6, 6.07) is 21.1. The smallest absolute Gasteiger partial charge is 0.344 e. The molecule has 1 heterocycles.